The van der Waals surface area contributed by atoms with Gasteiger partial charge in [-0.25, -0.2) is 0 Å². The third-order valence-electron chi connectivity index (χ3n) is 3.83. The van der Waals surface area contributed by atoms with Gasteiger partial charge in [0.1, 0.15) is 0 Å². The zero-order valence-corrected chi connectivity index (χ0v) is 9.93. The predicted molar refractivity (Wildman–Crippen MR) is 61.9 cm³/mol. The second kappa shape index (κ2) is 5.20. The van der Waals surface area contributed by atoms with Gasteiger partial charge in [0.15, 0.2) is 0 Å². The Labute approximate surface area is 96.8 Å². The second-order valence-corrected chi connectivity index (χ2v) is 5.57. The Kier molecular flexibility index (Phi) is 3.90. The number of carbonyl (C=O) groups is 1. The Hall–Kier alpha value is -0.240. The van der Waals surface area contributed by atoms with Crippen LogP contribution in [0.4, 0.5) is 0 Å². The van der Waals surface area contributed by atoms with Crippen molar-refractivity contribution in [3.8, 4) is 0 Å². The van der Waals surface area contributed by atoms with Gasteiger partial charge in [0, 0.05) is 18.3 Å². The van der Waals surface area contributed by atoms with E-state index < -0.39 is 0 Å². The summed E-state index contributed by atoms with van der Waals surface area (Å²) in [5.74, 6) is 1.41. The van der Waals surface area contributed by atoms with Crippen molar-refractivity contribution >= 4 is 17.5 Å². The molecule has 2 aliphatic rings. The van der Waals surface area contributed by atoms with Crippen LogP contribution in [0, 0.1) is 11.8 Å². The maximum absolute atomic E-state index is 11.6. The van der Waals surface area contributed by atoms with Crippen LogP contribution >= 0.6 is 11.6 Å². The first-order chi connectivity index (χ1) is 7.25. The number of alkyl halides is 1. The summed E-state index contributed by atoms with van der Waals surface area (Å²) in [7, 11) is 0. The molecule has 0 spiro atoms. The van der Waals surface area contributed by atoms with Gasteiger partial charge in [0.25, 0.3) is 0 Å². The summed E-state index contributed by atoms with van der Waals surface area (Å²) < 4.78 is 0. The highest BCUT2D eigenvalue weighted by Crippen LogP contribution is 2.30. The lowest BCUT2D eigenvalue weighted by molar-refractivity contribution is -0.122. The summed E-state index contributed by atoms with van der Waals surface area (Å²) in [4.78, 5) is 11.6. The smallest absolute Gasteiger partial charge is 0.220 e. The van der Waals surface area contributed by atoms with Crippen molar-refractivity contribution in [1.82, 2.24) is 5.32 Å². The van der Waals surface area contributed by atoms with Gasteiger partial charge in [-0.2, -0.15) is 0 Å². The molecule has 15 heavy (non-hydrogen) atoms. The number of hydrogen-bond acceptors (Lipinski definition) is 1. The van der Waals surface area contributed by atoms with Gasteiger partial charge in [0.05, 0.1) is 0 Å². The lowest BCUT2D eigenvalue weighted by Crippen LogP contribution is -2.33. The number of halogens is 1. The van der Waals surface area contributed by atoms with Crippen LogP contribution < -0.4 is 5.32 Å². The summed E-state index contributed by atoms with van der Waals surface area (Å²) in [6.07, 6.45) is 8.05. The number of amides is 1. The fourth-order valence-electron chi connectivity index (χ4n) is 2.50. The molecule has 2 nitrogen and oxygen atoms in total. The third kappa shape index (κ3) is 3.10. The van der Waals surface area contributed by atoms with Crippen molar-refractivity contribution in [2.45, 2.75) is 50.3 Å². The average Bonchev–Trinajstić information content (AvgIpc) is 2.55. The van der Waals surface area contributed by atoms with Gasteiger partial charge >= 0.3 is 0 Å². The molecule has 2 rings (SSSR count). The summed E-state index contributed by atoms with van der Waals surface area (Å²) in [6.45, 7) is 0.791. The minimum absolute atomic E-state index is 0.232. The molecular formula is C12H20ClNO. The molecule has 2 atom stereocenters. The Bertz CT molecular complexity index is 228. The zero-order valence-electron chi connectivity index (χ0n) is 9.18. The van der Waals surface area contributed by atoms with E-state index >= 15 is 0 Å². The molecule has 1 N–H and O–H groups in total. The van der Waals surface area contributed by atoms with Crippen LogP contribution in [0.2, 0.25) is 0 Å². The SMILES string of the molecule is O=C(CC1CCC1)NCC1CCCC1Cl. The predicted octanol–water partition coefficient (Wildman–Crippen LogP) is 2.70. The van der Waals surface area contributed by atoms with Gasteiger partial charge in [-0.3, -0.25) is 4.79 Å². The average molecular weight is 230 g/mol. The Morgan fingerprint density at radius 2 is 1.93 bits per heavy atom. The van der Waals surface area contributed by atoms with E-state index in [1.165, 1.54) is 32.1 Å². The van der Waals surface area contributed by atoms with E-state index in [1.54, 1.807) is 0 Å². The topological polar surface area (TPSA) is 29.1 Å². The molecule has 2 aliphatic carbocycles. The van der Waals surface area contributed by atoms with Crippen LogP contribution in [0.25, 0.3) is 0 Å². The van der Waals surface area contributed by atoms with Gasteiger partial charge < -0.3 is 5.32 Å². The molecule has 2 unspecified atom stereocenters. The minimum atomic E-state index is 0.232. The van der Waals surface area contributed by atoms with Crippen molar-refractivity contribution in [2.24, 2.45) is 11.8 Å². The molecule has 0 aromatic rings. The van der Waals surface area contributed by atoms with Gasteiger partial charge in [-0.15, -0.1) is 11.6 Å². The van der Waals surface area contributed by atoms with E-state index in [0.29, 0.717) is 11.8 Å². The van der Waals surface area contributed by atoms with Crippen LogP contribution in [-0.2, 0) is 4.79 Å². The maximum atomic E-state index is 11.6. The molecule has 0 aromatic carbocycles. The highest BCUT2D eigenvalue weighted by Gasteiger charge is 2.26. The van der Waals surface area contributed by atoms with Crippen LogP contribution in [0.3, 0.4) is 0 Å². The first-order valence-electron chi connectivity index (χ1n) is 6.16. The molecule has 0 bridgehead atoms. The zero-order chi connectivity index (χ0) is 10.7. The van der Waals surface area contributed by atoms with E-state index in [0.717, 1.165) is 19.4 Å². The van der Waals surface area contributed by atoms with Gasteiger partial charge in [-0.05, 0) is 37.5 Å². The van der Waals surface area contributed by atoms with Crippen LogP contribution in [0.5, 0.6) is 0 Å². The van der Waals surface area contributed by atoms with Crippen molar-refractivity contribution in [1.29, 1.82) is 0 Å². The quantitative estimate of drug-likeness (QED) is 0.738. The monoisotopic (exact) mass is 229 g/mol. The largest absolute Gasteiger partial charge is 0.356 e. The summed E-state index contributed by atoms with van der Waals surface area (Å²) in [5, 5.41) is 3.32. The fraction of sp³-hybridized carbons (Fsp3) is 0.917. The Morgan fingerprint density at radius 3 is 2.47 bits per heavy atom. The molecule has 0 radical (unpaired) electrons. The van der Waals surface area contributed by atoms with Gasteiger partial charge in [-0.1, -0.05) is 12.8 Å². The second-order valence-electron chi connectivity index (χ2n) is 5.01. The Balaban J connectivity index is 1.61. The van der Waals surface area contributed by atoms with E-state index in [9.17, 15) is 4.79 Å². The lowest BCUT2D eigenvalue weighted by Gasteiger charge is -2.25. The minimum Gasteiger partial charge on any atom is -0.356 e. The first kappa shape index (κ1) is 11.3. The van der Waals surface area contributed by atoms with E-state index in [-0.39, 0.29) is 11.3 Å². The van der Waals surface area contributed by atoms with Crippen LogP contribution in [0.15, 0.2) is 0 Å². The molecule has 3 heteroatoms. The molecule has 86 valence electrons. The molecule has 0 heterocycles. The van der Waals surface area contributed by atoms with E-state index in [2.05, 4.69) is 5.32 Å². The highest BCUT2D eigenvalue weighted by atomic mass is 35.5. The fourth-order valence-corrected chi connectivity index (χ4v) is 2.87. The van der Waals surface area contributed by atoms with E-state index in [4.69, 9.17) is 11.6 Å². The van der Waals surface area contributed by atoms with Crippen molar-refractivity contribution < 1.29 is 4.79 Å². The maximum Gasteiger partial charge on any atom is 0.220 e. The Morgan fingerprint density at radius 1 is 1.20 bits per heavy atom. The van der Waals surface area contributed by atoms with Crippen molar-refractivity contribution in [3.63, 3.8) is 0 Å². The molecule has 0 aliphatic heterocycles. The highest BCUT2D eigenvalue weighted by molar-refractivity contribution is 6.20. The molecule has 2 fully saturated rings. The molecule has 0 aromatic heterocycles. The molecule has 2 saturated carbocycles. The van der Waals surface area contributed by atoms with Crippen molar-refractivity contribution in [3.05, 3.63) is 0 Å². The summed E-state index contributed by atoms with van der Waals surface area (Å²) >= 11 is 6.15. The number of hydrogen-bond donors (Lipinski definition) is 1. The molecule has 0 saturated heterocycles. The number of rotatable bonds is 4. The first-order valence-corrected chi connectivity index (χ1v) is 6.60. The standard InChI is InChI=1S/C12H20ClNO/c13-11-6-2-5-10(11)8-14-12(15)7-9-3-1-4-9/h9-11H,1-8H2,(H,14,15). The third-order valence-corrected chi connectivity index (χ3v) is 4.40. The lowest BCUT2D eigenvalue weighted by atomic mass is 9.83. The summed E-state index contributed by atoms with van der Waals surface area (Å²) in [5.41, 5.74) is 0. The van der Waals surface area contributed by atoms with Crippen LogP contribution in [0.1, 0.15) is 44.9 Å². The normalized spacial score (nSPS) is 31.3. The van der Waals surface area contributed by atoms with Gasteiger partial charge in [0.2, 0.25) is 5.91 Å². The summed E-state index contributed by atoms with van der Waals surface area (Å²) in [6, 6.07) is 0. The number of carbonyl (C=O) groups excluding carboxylic acids is 1. The molecule has 1 amide bonds. The van der Waals surface area contributed by atoms with E-state index in [1.807, 2.05) is 0 Å². The number of nitrogens with one attached hydrogen (secondary N) is 1. The van der Waals surface area contributed by atoms with Crippen molar-refractivity contribution in [2.75, 3.05) is 6.54 Å². The molecular weight excluding hydrogens is 210 g/mol. The van der Waals surface area contributed by atoms with Crippen LogP contribution in [-0.4, -0.2) is 17.8 Å².